The van der Waals surface area contributed by atoms with Crippen molar-refractivity contribution >= 4 is 23.2 Å². The number of amides is 1. The van der Waals surface area contributed by atoms with Gasteiger partial charge in [0.1, 0.15) is 0 Å². The minimum absolute atomic E-state index is 0.109. The minimum atomic E-state index is -0.423. The van der Waals surface area contributed by atoms with Crippen LogP contribution in [-0.2, 0) is 4.74 Å². The van der Waals surface area contributed by atoms with E-state index in [1.54, 1.807) is 24.3 Å². The smallest absolute Gasteiger partial charge is 0.338 e. The summed E-state index contributed by atoms with van der Waals surface area (Å²) in [6.45, 7) is 0.848. The van der Waals surface area contributed by atoms with Crippen LogP contribution in [0, 0.1) is 0 Å². The molecular weight excluding hydrogens is 318 g/mol. The number of carbonyl (C=O) groups excluding carboxylic acids is 2. The highest BCUT2D eigenvalue weighted by molar-refractivity contribution is 7.12. The second kappa shape index (κ2) is 7.15. The molecule has 0 spiro atoms. The molecule has 0 fully saturated rings. The molecule has 0 atom stereocenters. The first kappa shape index (κ1) is 15.4. The fraction of sp³-hybridized carbons (Fsp3) is 0.250. The maximum atomic E-state index is 11.9. The van der Waals surface area contributed by atoms with Gasteiger partial charge >= 0.3 is 5.97 Å². The van der Waals surface area contributed by atoms with Crippen LogP contribution in [0.1, 0.15) is 26.5 Å². The molecule has 2 aromatic rings. The summed E-state index contributed by atoms with van der Waals surface area (Å²) in [5, 5.41) is 4.63. The number of hydrogen-bond acceptors (Lipinski definition) is 6. The Hall–Kier alpha value is -2.54. The Balaban J connectivity index is 1.39. The number of ether oxygens (including phenoxy) is 3. The van der Waals surface area contributed by atoms with Gasteiger partial charge < -0.3 is 19.5 Å². The van der Waals surface area contributed by atoms with E-state index in [0.717, 1.165) is 0 Å². The summed E-state index contributed by atoms with van der Waals surface area (Å²) < 4.78 is 15.6. The second-order valence-corrected chi connectivity index (χ2v) is 5.74. The Morgan fingerprint density at radius 2 is 2.09 bits per heavy atom. The quantitative estimate of drug-likeness (QED) is 0.649. The lowest BCUT2D eigenvalue weighted by Gasteiger charge is -2.06. The molecule has 1 aliphatic rings. The molecule has 0 aliphatic carbocycles. The van der Waals surface area contributed by atoms with Crippen molar-refractivity contribution in [2.24, 2.45) is 0 Å². The lowest BCUT2D eigenvalue weighted by molar-refractivity contribution is 0.0500. The second-order valence-electron chi connectivity index (χ2n) is 4.79. The first-order chi connectivity index (χ1) is 11.2. The van der Waals surface area contributed by atoms with Gasteiger partial charge in [0.25, 0.3) is 5.91 Å². The summed E-state index contributed by atoms with van der Waals surface area (Å²) in [6, 6.07) is 8.50. The van der Waals surface area contributed by atoms with Crippen molar-refractivity contribution in [3.8, 4) is 11.5 Å². The van der Waals surface area contributed by atoms with Crippen molar-refractivity contribution in [2.45, 2.75) is 6.42 Å². The molecule has 0 unspecified atom stereocenters. The molecule has 0 saturated carbocycles. The Morgan fingerprint density at radius 3 is 2.91 bits per heavy atom. The lowest BCUT2D eigenvalue weighted by Crippen LogP contribution is -2.24. The highest BCUT2D eigenvalue weighted by atomic mass is 32.1. The van der Waals surface area contributed by atoms with Gasteiger partial charge in [0.2, 0.25) is 6.79 Å². The Labute approximate surface area is 137 Å². The van der Waals surface area contributed by atoms with Crippen molar-refractivity contribution in [1.29, 1.82) is 0 Å². The largest absolute Gasteiger partial charge is 0.462 e. The van der Waals surface area contributed by atoms with Crippen LogP contribution in [0.15, 0.2) is 35.7 Å². The highest BCUT2D eigenvalue weighted by Gasteiger charge is 2.16. The summed E-state index contributed by atoms with van der Waals surface area (Å²) in [6.07, 6.45) is 0.549. The van der Waals surface area contributed by atoms with Gasteiger partial charge in [-0.3, -0.25) is 4.79 Å². The molecule has 0 saturated heterocycles. The van der Waals surface area contributed by atoms with E-state index in [1.807, 2.05) is 11.4 Å². The number of nitrogens with one attached hydrogen (secondary N) is 1. The average molecular weight is 333 g/mol. The molecule has 1 aliphatic heterocycles. The molecule has 1 aromatic heterocycles. The molecule has 120 valence electrons. The van der Waals surface area contributed by atoms with Crippen molar-refractivity contribution in [1.82, 2.24) is 5.32 Å². The number of carbonyl (C=O) groups is 2. The van der Waals surface area contributed by atoms with Crippen molar-refractivity contribution in [2.75, 3.05) is 19.9 Å². The maximum Gasteiger partial charge on any atom is 0.338 e. The van der Waals surface area contributed by atoms with Crippen LogP contribution < -0.4 is 14.8 Å². The molecule has 7 heteroatoms. The van der Waals surface area contributed by atoms with Crippen molar-refractivity contribution in [3.63, 3.8) is 0 Å². The van der Waals surface area contributed by atoms with E-state index in [4.69, 9.17) is 14.2 Å². The van der Waals surface area contributed by atoms with Crippen LogP contribution in [-0.4, -0.2) is 31.8 Å². The van der Waals surface area contributed by atoms with Crippen LogP contribution in [0.25, 0.3) is 0 Å². The van der Waals surface area contributed by atoms with E-state index < -0.39 is 5.97 Å². The van der Waals surface area contributed by atoms with Gasteiger partial charge in [-0.15, -0.1) is 11.3 Å². The van der Waals surface area contributed by atoms with Crippen LogP contribution >= 0.6 is 11.3 Å². The fourth-order valence-electron chi connectivity index (χ4n) is 2.04. The number of esters is 1. The predicted molar refractivity (Wildman–Crippen MR) is 84.1 cm³/mol. The SMILES string of the molecule is O=C(OCCCNC(=O)c1cccs1)c1ccc2c(c1)OCO2. The maximum absolute atomic E-state index is 11.9. The topological polar surface area (TPSA) is 73.9 Å². The molecule has 6 nitrogen and oxygen atoms in total. The van der Waals surface area contributed by atoms with Crippen molar-refractivity contribution in [3.05, 3.63) is 46.2 Å². The molecule has 1 aromatic carbocycles. The predicted octanol–water partition coefficient (Wildman–Crippen LogP) is 2.45. The first-order valence-electron chi connectivity index (χ1n) is 7.12. The Morgan fingerprint density at radius 1 is 1.22 bits per heavy atom. The number of rotatable bonds is 6. The van der Waals surface area contributed by atoms with E-state index in [9.17, 15) is 9.59 Å². The number of benzene rings is 1. The monoisotopic (exact) mass is 333 g/mol. The highest BCUT2D eigenvalue weighted by Crippen LogP contribution is 2.32. The molecule has 23 heavy (non-hydrogen) atoms. The van der Waals surface area contributed by atoms with Gasteiger partial charge in [-0.05, 0) is 36.1 Å². The molecular formula is C16H15NO5S. The van der Waals surface area contributed by atoms with Crippen LogP contribution in [0.3, 0.4) is 0 Å². The number of thiophene rings is 1. The Bertz CT molecular complexity index is 699. The summed E-state index contributed by atoms with van der Waals surface area (Å²) in [5.41, 5.74) is 0.414. The van der Waals surface area contributed by atoms with E-state index in [1.165, 1.54) is 11.3 Å². The standard InChI is InChI=1S/C16H15NO5S/c18-15(14-3-1-8-23-14)17-6-2-7-20-16(19)11-4-5-12-13(9-11)22-10-21-12/h1,3-5,8-9H,2,6-7,10H2,(H,17,18). The van der Waals surface area contributed by atoms with E-state index >= 15 is 0 Å². The molecule has 1 N–H and O–H groups in total. The minimum Gasteiger partial charge on any atom is -0.462 e. The zero-order chi connectivity index (χ0) is 16.1. The van der Waals surface area contributed by atoms with Crippen LogP contribution in [0.2, 0.25) is 0 Å². The van der Waals surface area contributed by atoms with Gasteiger partial charge in [-0.25, -0.2) is 4.79 Å². The molecule has 0 bridgehead atoms. The zero-order valence-electron chi connectivity index (χ0n) is 12.2. The molecule has 3 rings (SSSR count). The van der Waals surface area contributed by atoms with Gasteiger partial charge in [0.15, 0.2) is 11.5 Å². The summed E-state index contributed by atoms with van der Waals surface area (Å²) in [7, 11) is 0. The third-order valence-electron chi connectivity index (χ3n) is 3.19. The van der Waals surface area contributed by atoms with Gasteiger partial charge in [-0.1, -0.05) is 6.07 Å². The molecule has 2 heterocycles. The fourth-order valence-corrected chi connectivity index (χ4v) is 2.68. The van der Waals surface area contributed by atoms with Gasteiger partial charge in [0, 0.05) is 6.54 Å². The summed E-state index contributed by atoms with van der Waals surface area (Å²) in [5.74, 6) is 0.635. The van der Waals surface area contributed by atoms with Crippen molar-refractivity contribution < 1.29 is 23.8 Å². The first-order valence-corrected chi connectivity index (χ1v) is 8.00. The lowest BCUT2D eigenvalue weighted by atomic mass is 10.2. The molecule has 0 radical (unpaired) electrons. The van der Waals surface area contributed by atoms with E-state index in [0.29, 0.717) is 34.9 Å². The third-order valence-corrected chi connectivity index (χ3v) is 4.06. The van der Waals surface area contributed by atoms with Crippen LogP contribution in [0.4, 0.5) is 0 Å². The number of hydrogen-bond donors (Lipinski definition) is 1. The summed E-state index contributed by atoms with van der Waals surface area (Å²) in [4.78, 5) is 24.3. The zero-order valence-corrected chi connectivity index (χ0v) is 13.1. The normalized spacial score (nSPS) is 12.0. The average Bonchev–Trinajstić information content (AvgIpc) is 3.24. The Kier molecular flexibility index (Phi) is 4.77. The van der Waals surface area contributed by atoms with E-state index in [2.05, 4.69) is 5.32 Å². The van der Waals surface area contributed by atoms with Gasteiger partial charge in [-0.2, -0.15) is 0 Å². The third kappa shape index (κ3) is 3.81. The van der Waals surface area contributed by atoms with Gasteiger partial charge in [0.05, 0.1) is 17.0 Å². The number of fused-ring (bicyclic) bond motifs is 1. The molecule has 1 amide bonds. The van der Waals surface area contributed by atoms with E-state index in [-0.39, 0.29) is 19.3 Å². The summed E-state index contributed by atoms with van der Waals surface area (Å²) >= 11 is 1.39. The van der Waals surface area contributed by atoms with Crippen LogP contribution in [0.5, 0.6) is 11.5 Å².